The molecule has 0 saturated carbocycles. The zero-order chi connectivity index (χ0) is 17.1. The van der Waals surface area contributed by atoms with Crippen LogP contribution in [0.3, 0.4) is 0 Å². The van der Waals surface area contributed by atoms with Crippen LogP contribution < -0.4 is 4.74 Å². The van der Waals surface area contributed by atoms with Crippen LogP contribution in [-0.4, -0.2) is 27.7 Å². The van der Waals surface area contributed by atoms with Crippen molar-refractivity contribution in [3.8, 4) is 23.2 Å². The van der Waals surface area contributed by atoms with Crippen LogP contribution in [-0.2, 0) is 7.05 Å². The Morgan fingerprint density at radius 3 is 2.71 bits per heavy atom. The van der Waals surface area contributed by atoms with Gasteiger partial charge in [-0.25, -0.2) is 0 Å². The van der Waals surface area contributed by atoms with Crippen LogP contribution in [0.1, 0.15) is 21.4 Å². The number of aromatic nitrogens is 3. The number of ether oxygens (including phenoxy) is 1. The van der Waals surface area contributed by atoms with E-state index in [2.05, 4.69) is 10.2 Å². The molecular weight excluding hydrogens is 324 g/mol. The minimum absolute atomic E-state index is 0.305. The first kappa shape index (κ1) is 15.9. The van der Waals surface area contributed by atoms with Gasteiger partial charge in [0.05, 0.1) is 18.1 Å². The Bertz CT molecular complexity index is 908. The SMILES string of the molecule is COc1csc(C(=O)[C@H](C#N)c2nnc(-c3ccccc3)n2C)c1. The largest absolute Gasteiger partial charge is 0.496 e. The fourth-order valence-corrected chi connectivity index (χ4v) is 3.19. The number of ketones is 1. The summed E-state index contributed by atoms with van der Waals surface area (Å²) in [6.07, 6.45) is 0. The van der Waals surface area contributed by atoms with Crippen molar-refractivity contribution in [2.75, 3.05) is 7.11 Å². The van der Waals surface area contributed by atoms with Gasteiger partial charge in [-0.3, -0.25) is 4.79 Å². The molecule has 0 fully saturated rings. The summed E-state index contributed by atoms with van der Waals surface area (Å²) < 4.78 is 6.78. The van der Waals surface area contributed by atoms with Gasteiger partial charge in [-0.05, 0) is 0 Å². The molecule has 120 valence electrons. The van der Waals surface area contributed by atoms with Crippen molar-refractivity contribution < 1.29 is 9.53 Å². The smallest absolute Gasteiger partial charge is 0.197 e. The standard InChI is InChI=1S/C17H14N4O2S/c1-21-16(11-6-4-3-5-7-11)19-20-17(21)13(9-18)15(22)14-8-12(23-2)10-24-14/h3-8,10,13H,1-2H3/t13-/m0/s1. The quantitative estimate of drug-likeness (QED) is 0.668. The zero-order valence-corrected chi connectivity index (χ0v) is 13.9. The van der Waals surface area contributed by atoms with Crippen molar-refractivity contribution in [3.05, 3.63) is 52.5 Å². The second-order valence-corrected chi connectivity index (χ2v) is 6.00. The first-order chi connectivity index (χ1) is 11.7. The lowest BCUT2D eigenvalue weighted by Gasteiger charge is -2.07. The molecule has 2 heterocycles. The molecule has 0 aliphatic carbocycles. The van der Waals surface area contributed by atoms with Gasteiger partial charge in [-0.2, -0.15) is 5.26 Å². The average Bonchev–Trinajstić information content (AvgIpc) is 3.24. The van der Waals surface area contributed by atoms with Crippen LogP contribution in [0.2, 0.25) is 0 Å². The van der Waals surface area contributed by atoms with E-state index in [-0.39, 0.29) is 5.78 Å². The Hall–Kier alpha value is -2.98. The molecule has 2 aromatic heterocycles. The van der Waals surface area contributed by atoms with E-state index < -0.39 is 5.92 Å². The van der Waals surface area contributed by atoms with Crippen LogP contribution in [0.25, 0.3) is 11.4 Å². The molecule has 24 heavy (non-hydrogen) atoms. The molecule has 0 bridgehead atoms. The molecule has 7 heteroatoms. The maximum absolute atomic E-state index is 12.7. The van der Waals surface area contributed by atoms with Gasteiger partial charge in [-0.15, -0.1) is 21.5 Å². The van der Waals surface area contributed by atoms with Gasteiger partial charge in [0.15, 0.2) is 23.3 Å². The monoisotopic (exact) mass is 338 g/mol. The lowest BCUT2D eigenvalue weighted by atomic mass is 10.0. The number of nitrogens with zero attached hydrogens (tertiary/aromatic N) is 4. The highest BCUT2D eigenvalue weighted by Crippen LogP contribution is 2.28. The number of carbonyl (C=O) groups excluding carboxylic acids is 1. The van der Waals surface area contributed by atoms with Crippen LogP contribution >= 0.6 is 11.3 Å². The third-order valence-electron chi connectivity index (χ3n) is 3.64. The molecule has 0 N–H and O–H groups in total. The van der Waals surface area contributed by atoms with Crippen molar-refractivity contribution in [3.63, 3.8) is 0 Å². The Morgan fingerprint density at radius 1 is 1.33 bits per heavy atom. The van der Waals surface area contributed by atoms with Gasteiger partial charge in [-0.1, -0.05) is 30.3 Å². The number of hydrogen-bond acceptors (Lipinski definition) is 6. The fourth-order valence-electron chi connectivity index (χ4n) is 2.36. The van der Waals surface area contributed by atoms with Crippen LogP contribution in [0.5, 0.6) is 5.75 Å². The molecule has 0 aliphatic rings. The lowest BCUT2D eigenvalue weighted by molar-refractivity contribution is 0.0978. The van der Waals surface area contributed by atoms with Crippen molar-refractivity contribution in [2.45, 2.75) is 5.92 Å². The van der Waals surface area contributed by atoms with Crippen LogP contribution in [0.15, 0.2) is 41.8 Å². The Labute approximate surface area is 143 Å². The number of Topliss-reactive ketones (excluding diaryl/α,β-unsaturated/α-hetero) is 1. The van der Waals surface area contributed by atoms with Gasteiger partial charge in [0.2, 0.25) is 0 Å². The minimum Gasteiger partial charge on any atom is -0.496 e. The number of thiophene rings is 1. The van der Waals surface area contributed by atoms with Gasteiger partial charge in [0, 0.05) is 24.1 Å². The average molecular weight is 338 g/mol. The van der Waals surface area contributed by atoms with Gasteiger partial charge in [0.1, 0.15) is 5.75 Å². The number of carbonyl (C=O) groups is 1. The van der Waals surface area contributed by atoms with Crippen LogP contribution in [0.4, 0.5) is 0 Å². The van der Waals surface area contributed by atoms with E-state index in [1.165, 1.54) is 18.4 Å². The van der Waals surface area contributed by atoms with Crippen molar-refractivity contribution in [1.29, 1.82) is 5.26 Å². The first-order valence-corrected chi connectivity index (χ1v) is 8.04. The van der Waals surface area contributed by atoms with Crippen LogP contribution in [0, 0.1) is 11.3 Å². The van der Waals surface area contributed by atoms with Crippen molar-refractivity contribution in [2.24, 2.45) is 7.05 Å². The molecule has 0 amide bonds. The third kappa shape index (κ3) is 2.79. The molecule has 1 aromatic carbocycles. The summed E-state index contributed by atoms with van der Waals surface area (Å²) in [6, 6.07) is 13.2. The van der Waals surface area contributed by atoms with Crippen molar-refractivity contribution >= 4 is 17.1 Å². The molecule has 1 atom stereocenters. The summed E-state index contributed by atoms with van der Waals surface area (Å²) >= 11 is 1.25. The van der Waals surface area contributed by atoms with E-state index in [9.17, 15) is 10.1 Å². The number of methoxy groups -OCH3 is 1. The Balaban J connectivity index is 1.96. The molecule has 6 nitrogen and oxygen atoms in total. The molecule has 0 aliphatic heterocycles. The van der Waals surface area contributed by atoms with Gasteiger partial charge < -0.3 is 9.30 Å². The highest BCUT2D eigenvalue weighted by Gasteiger charge is 2.29. The maximum atomic E-state index is 12.7. The van der Waals surface area contributed by atoms with Gasteiger partial charge >= 0.3 is 0 Å². The molecule has 0 saturated heterocycles. The molecule has 3 rings (SSSR count). The summed E-state index contributed by atoms with van der Waals surface area (Å²) in [7, 11) is 3.29. The third-order valence-corrected chi connectivity index (χ3v) is 4.57. The lowest BCUT2D eigenvalue weighted by Crippen LogP contribution is -2.15. The Morgan fingerprint density at radius 2 is 2.08 bits per heavy atom. The van der Waals surface area contributed by atoms with E-state index in [1.54, 1.807) is 23.1 Å². The maximum Gasteiger partial charge on any atom is 0.197 e. The number of nitriles is 1. The summed E-state index contributed by atoms with van der Waals surface area (Å²) in [5, 5.41) is 19.5. The zero-order valence-electron chi connectivity index (χ0n) is 13.1. The normalized spacial score (nSPS) is 11.7. The molecule has 0 radical (unpaired) electrons. The fraction of sp³-hybridized carbons (Fsp3) is 0.176. The predicted molar refractivity (Wildman–Crippen MR) is 90.0 cm³/mol. The summed E-state index contributed by atoms with van der Waals surface area (Å²) in [6.45, 7) is 0. The Kier molecular flexibility index (Phi) is 4.40. The van der Waals surface area contributed by atoms with E-state index in [0.717, 1.165) is 5.56 Å². The highest BCUT2D eigenvalue weighted by atomic mass is 32.1. The first-order valence-electron chi connectivity index (χ1n) is 7.16. The van der Waals surface area contributed by atoms with E-state index in [0.29, 0.717) is 22.3 Å². The molecule has 0 unspecified atom stereocenters. The van der Waals surface area contributed by atoms with E-state index >= 15 is 0 Å². The topological polar surface area (TPSA) is 80.8 Å². The highest BCUT2D eigenvalue weighted by molar-refractivity contribution is 7.12. The predicted octanol–water partition coefficient (Wildman–Crippen LogP) is 3.04. The minimum atomic E-state index is -1.01. The summed E-state index contributed by atoms with van der Waals surface area (Å²) in [4.78, 5) is 13.1. The number of hydrogen-bond donors (Lipinski definition) is 0. The van der Waals surface area contributed by atoms with Gasteiger partial charge in [0.25, 0.3) is 0 Å². The second-order valence-electron chi connectivity index (χ2n) is 5.08. The molecule has 0 spiro atoms. The summed E-state index contributed by atoms with van der Waals surface area (Å²) in [5.74, 6) is 0.225. The van der Waals surface area contributed by atoms with E-state index in [4.69, 9.17) is 4.74 Å². The molecule has 3 aromatic rings. The number of rotatable bonds is 5. The number of benzene rings is 1. The van der Waals surface area contributed by atoms with E-state index in [1.807, 2.05) is 36.4 Å². The molecular formula is C17H14N4O2S. The summed E-state index contributed by atoms with van der Waals surface area (Å²) in [5.41, 5.74) is 0.876. The van der Waals surface area contributed by atoms with Crippen molar-refractivity contribution in [1.82, 2.24) is 14.8 Å². The second kappa shape index (κ2) is 6.64.